The first-order chi connectivity index (χ1) is 11.6. The SMILES string of the molecule is CN(C)c1nc(-c2ccccc2)nc2c1CN(C(=O)CCCl)CC2. The molecule has 0 fully saturated rings. The summed E-state index contributed by atoms with van der Waals surface area (Å²) in [7, 11) is 3.94. The Kier molecular flexibility index (Phi) is 5.00. The van der Waals surface area contributed by atoms with Crippen LogP contribution < -0.4 is 4.90 Å². The number of nitrogens with zero attached hydrogens (tertiary/aromatic N) is 4. The number of aromatic nitrogens is 2. The molecule has 1 aliphatic heterocycles. The van der Waals surface area contributed by atoms with E-state index in [1.165, 1.54) is 0 Å². The fourth-order valence-electron chi connectivity index (χ4n) is 2.93. The molecule has 6 heteroatoms. The molecule has 0 spiro atoms. The molecule has 0 aliphatic carbocycles. The van der Waals surface area contributed by atoms with Crippen LogP contribution in [0.3, 0.4) is 0 Å². The van der Waals surface area contributed by atoms with Crippen molar-refractivity contribution in [3.05, 3.63) is 41.6 Å². The second-order valence-corrected chi connectivity index (χ2v) is 6.44. The standard InChI is InChI=1S/C18H21ClN4O/c1-22(2)18-14-12-23(16(24)8-10-19)11-9-15(14)20-17(21-18)13-6-4-3-5-7-13/h3-7H,8-12H2,1-2H3. The molecule has 24 heavy (non-hydrogen) atoms. The average Bonchev–Trinajstić information content (AvgIpc) is 2.61. The molecule has 0 unspecified atom stereocenters. The third-order valence-corrected chi connectivity index (χ3v) is 4.34. The fourth-order valence-corrected chi connectivity index (χ4v) is 3.10. The molecule has 0 radical (unpaired) electrons. The van der Waals surface area contributed by atoms with Gasteiger partial charge in [-0.3, -0.25) is 4.79 Å². The van der Waals surface area contributed by atoms with Gasteiger partial charge in [-0.1, -0.05) is 30.3 Å². The van der Waals surface area contributed by atoms with Gasteiger partial charge in [-0.2, -0.15) is 0 Å². The van der Waals surface area contributed by atoms with E-state index in [0.717, 1.165) is 34.9 Å². The highest BCUT2D eigenvalue weighted by Gasteiger charge is 2.26. The van der Waals surface area contributed by atoms with Crippen LogP contribution in [0.15, 0.2) is 30.3 Å². The first-order valence-electron chi connectivity index (χ1n) is 8.06. The highest BCUT2D eigenvalue weighted by Crippen LogP contribution is 2.28. The number of benzene rings is 1. The molecule has 1 amide bonds. The largest absolute Gasteiger partial charge is 0.362 e. The number of carbonyl (C=O) groups excluding carboxylic acids is 1. The van der Waals surface area contributed by atoms with Gasteiger partial charge in [0.1, 0.15) is 5.82 Å². The van der Waals surface area contributed by atoms with E-state index >= 15 is 0 Å². The zero-order valence-electron chi connectivity index (χ0n) is 14.0. The monoisotopic (exact) mass is 344 g/mol. The maximum atomic E-state index is 12.2. The lowest BCUT2D eigenvalue weighted by Gasteiger charge is -2.31. The number of hydrogen-bond donors (Lipinski definition) is 0. The molecule has 5 nitrogen and oxygen atoms in total. The van der Waals surface area contributed by atoms with E-state index in [1.54, 1.807) is 0 Å². The van der Waals surface area contributed by atoms with Crippen LogP contribution in [-0.4, -0.2) is 47.3 Å². The van der Waals surface area contributed by atoms with Crippen molar-refractivity contribution in [2.24, 2.45) is 0 Å². The molecule has 2 heterocycles. The summed E-state index contributed by atoms with van der Waals surface area (Å²) < 4.78 is 0. The molecule has 1 aromatic carbocycles. The minimum absolute atomic E-state index is 0.0903. The van der Waals surface area contributed by atoms with Gasteiger partial charge in [-0.15, -0.1) is 11.6 Å². The molecule has 1 aromatic heterocycles. The second kappa shape index (κ2) is 7.18. The smallest absolute Gasteiger partial charge is 0.224 e. The molecule has 3 rings (SSSR count). The number of amides is 1. The molecule has 126 valence electrons. The molecule has 0 atom stereocenters. The van der Waals surface area contributed by atoms with Crippen LogP contribution in [0.4, 0.5) is 5.82 Å². The van der Waals surface area contributed by atoms with Gasteiger partial charge in [0.2, 0.25) is 5.91 Å². The van der Waals surface area contributed by atoms with Gasteiger partial charge >= 0.3 is 0 Å². The zero-order chi connectivity index (χ0) is 17.1. The maximum Gasteiger partial charge on any atom is 0.224 e. The average molecular weight is 345 g/mol. The molecule has 0 bridgehead atoms. The van der Waals surface area contributed by atoms with E-state index in [1.807, 2.05) is 54.2 Å². The van der Waals surface area contributed by atoms with Crippen molar-refractivity contribution >= 4 is 23.3 Å². The number of hydrogen-bond acceptors (Lipinski definition) is 4. The van der Waals surface area contributed by atoms with Crippen molar-refractivity contribution in [3.63, 3.8) is 0 Å². The zero-order valence-corrected chi connectivity index (χ0v) is 14.8. The van der Waals surface area contributed by atoms with Crippen molar-refractivity contribution in [2.75, 3.05) is 31.4 Å². The summed E-state index contributed by atoms with van der Waals surface area (Å²) in [6.07, 6.45) is 1.11. The number of halogens is 1. The van der Waals surface area contributed by atoms with E-state index < -0.39 is 0 Å². The van der Waals surface area contributed by atoms with Crippen molar-refractivity contribution in [3.8, 4) is 11.4 Å². The Hall–Kier alpha value is -2.14. The Morgan fingerprint density at radius 2 is 2.00 bits per heavy atom. The first kappa shape index (κ1) is 16.7. The second-order valence-electron chi connectivity index (χ2n) is 6.06. The third kappa shape index (κ3) is 3.36. The molecule has 0 saturated heterocycles. The number of alkyl halides is 1. The Morgan fingerprint density at radius 1 is 1.25 bits per heavy atom. The Bertz CT molecular complexity index is 733. The first-order valence-corrected chi connectivity index (χ1v) is 8.60. The Morgan fingerprint density at radius 3 is 2.67 bits per heavy atom. The number of carbonyl (C=O) groups is 1. The van der Waals surface area contributed by atoms with E-state index in [4.69, 9.17) is 21.6 Å². The van der Waals surface area contributed by atoms with Crippen LogP contribution in [0.1, 0.15) is 17.7 Å². The van der Waals surface area contributed by atoms with Crippen molar-refractivity contribution < 1.29 is 4.79 Å². The molecule has 2 aromatic rings. The summed E-state index contributed by atoms with van der Waals surface area (Å²) in [5.41, 5.74) is 3.07. The van der Waals surface area contributed by atoms with Crippen LogP contribution in [0.2, 0.25) is 0 Å². The van der Waals surface area contributed by atoms with Gasteiger partial charge in [0.05, 0.1) is 12.2 Å². The van der Waals surface area contributed by atoms with Crippen LogP contribution in [0.25, 0.3) is 11.4 Å². The van der Waals surface area contributed by atoms with E-state index in [-0.39, 0.29) is 5.91 Å². The summed E-state index contributed by atoms with van der Waals surface area (Å²) in [6.45, 7) is 1.23. The Labute approximate surface area is 147 Å². The lowest BCUT2D eigenvalue weighted by atomic mass is 10.0. The van der Waals surface area contributed by atoms with Crippen LogP contribution in [0.5, 0.6) is 0 Å². The minimum atomic E-state index is 0.0903. The van der Waals surface area contributed by atoms with Crippen molar-refractivity contribution in [1.29, 1.82) is 0 Å². The number of fused-ring (bicyclic) bond motifs is 1. The highest BCUT2D eigenvalue weighted by molar-refractivity contribution is 6.18. The molecule has 0 saturated carbocycles. The Balaban J connectivity index is 1.99. The van der Waals surface area contributed by atoms with Gasteiger partial charge in [-0.25, -0.2) is 9.97 Å². The number of anilines is 1. The molecule has 0 N–H and O–H groups in total. The van der Waals surface area contributed by atoms with Gasteiger partial charge in [0.15, 0.2) is 5.82 Å². The molecule has 1 aliphatic rings. The third-order valence-electron chi connectivity index (χ3n) is 4.16. The summed E-state index contributed by atoms with van der Waals surface area (Å²) >= 11 is 5.71. The molecular weight excluding hydrogens is 324 g/mol. The highest BCUT2D eigenvalue weighted by atomic mass is 35.5. The predicted octanol–water partition coefficient (Wildman–Crippen LogP) is 2.72. The van der Waals surface area contributed by atoms with Gasteiger partial charge in [-0.05, 0) is 0 Å². The van der Waals surface area contributed by atoms with Gasteiger partial charge < -0.3 is 9.80 Å². The lowest BCUT2D eigenvalue weighted by Crippen LogP contribution is -2.37. The maximum absolute atomic E-state index is 12.2. The normalized spacial score (nSPS) is 13.5. The summed E-state index contributed by atoms with van der Waals surface area (Å²) in [5, 5.41) is 0. The van der Waals surface area contributed by atoms with E-state index in [2.05, 4.69) is 0 Å². The quantitative estimate of drug-likeness (QED) is 0.800. The summed E-state index contributed by atoms with van der Waals surface area (Å²) in [6, 6.07) is 9.98. The molecular formula is C18H21ClN4O. The van der Waals surface area contributed by atoms with Crippen molar-refractivity contribution in [2.45, 2.75) is 19.4 Å². The summed E-state index contributed by atoms with van der Waals surface area (Å²) in [5.74, 6) is 2.06. The lowest BCUT2D eigenvalue weighted by molar-refractivity contribution is -0.131. The van der Waals surface area contributed by atoms with Crippen LogP contribution >= 0.6 is 11.6 Å². The van der Waals surface area contributed by atoms with Crippen LogP contribution in [-0.2, 0) is 17.8 Å². The van der Waals surface area contributed by atoms with Gasteiger partial charge in [0.25, 0.3) is 0 Å². The number of rotatable bonds is 4. The van der Waals surface area contributed by atoms with E-state index in [0.29, 0.717) is 25.4 Å². The van der Waals surface area contributed by atoms with Gasteiger partial charge in [0, 0.05) is 50.5 Å². The predicted molar refractivity (Wildman–Crippen MR) is 96.3 cm³/mol. The van der Waals surface area contributed by atoms with Crippen molar-refractivity contribution in [1.82, 2.24) is 14.9 Å². The summed E-state index contributed by atoms with van der Waals surface area (Å²) in [4.78, 5) is 25.5. The fraction of sp³-hybridized carbons (Fsp3) is 0.389. The van der Waals surface area contributed by atoms with Crippen LogP contribution in [0, 0.1) is 0 Å². The van der Waals surface area contributed by atoms with E-state index in [9.17, 15) is 4.79 Å². The topological polar surface area (TPSA) is 49.3 Å². The minimum Gasteiger partial charge on any atom is -0.362 e.